The summed E-state index contributed by atoms with van der Waals surface area (Å²) < 4.78 is 135. The van der Waals surface area contributed by atoms with Crippen LogP contribution in [0.2, 0.25) is 0 Å². The number of likely N-dealkylation sites (N-methyl/N-ethyl adjacent to an activating group) is 1. The molecule has 0 fully saturated rings. The predicted octanol–water partition coefficient (Wildman–Crippen LogP) is 25.4. The first kappa shape index (κ1) is 90.7. The Kier molecular flexibility index (Phi) is 34.6. The number of ether oxygens (including phenoxy) is 1. The van der Waals surface area contributed by atoms with Gasteiger partial charge in [-0.25, -0.2) is 0 Å². The fourth-order valence-electron chi connectivity index (χ4n) is 11.7. The van der Waals surface area contributed by atoms with Crippen LogP contribution >= 0.6 is 15.6 Å². The molecular formula is C74H102F12Fe2N4O2P2. The van der Waals surface area contributed by atoms with Gasteiger partial charge in [-0.1, -0.05) is 199 Å². The Bertz CT molecular complexity index is 3330. The van der Waals surface area contributed by atoms with Crippen LogP contribution in [0.4, 0.5) is 61.7 Å². The summed E-state index contributed by atoms with van der Waals surface area (Å²) in [4.78, 5) is 5.16. The molecular weight excluding hydrogens is 1380 g/mol. The zero-order chi connectivity index (χ0) is 66.1. The molecule has 4 aliphatic carbocycles. The normalized spacial score (nSPS) is 20.6. The molecule has 0 N–H and O–H groups in total. The van der Waals surface area contributed by atoms with E-state index in [4.69, 9.17) is 9.15 Å². The Morgan fingerprint density at radius 3 is 1.23 bits per heavy atom. The molecule has 0 bridgehead atoms. The van der Waals surface area contributed by atoms with E-state index in [1.165, 1.54) is 85.3 Å². The SMILES string of the molecule is C1=CCC=C1.C1=CCC=C1.CC(C)CCN1C(=CC2=[N+](C)CCO2)C(C)(CCCCC2C=CC=C2)c2ccccc21.CC(C)CCN1C(=Cc2oc3ccccc3[n+]2C)C(C)(CCCCC2C=CC=C2)c2ccccc21.F[P-](F)(F)(F)(F)F.F[P-](F)(F)(F)(F)F.[CH3-].[CH3-].[CH3-].[CH3-].[Fe+2].[Fe+2]. The van der Waals surface area contributed by atoms with Crippen LogP contribution in [0.15, 0.2) is 192 Å². The molecule has 6 nitrogen and oxygen atoms in total. The number of nitrogens with zero attached hydrogens (tertiary/aromatic N) is 4. The standard InChI is InChI=1S/C32H39N2O.C28H39N2O.2C5H6.4CH3.2F6P.2Fe/c1-24(2)20-22-34-27-17-8-7-16-26(27)32(3,21-12-11-15-25-13-5-6-14-25)30(34)23-31-33(4)28-18-9-10-19-29(28)35-31;1-22(2)16-18-30-25-15-8-7-14-24(25)28(3,17-10-9-13-23-11-5-6-12-23)26(30)21-27-29(4)19-20-31-27;2*1-2-4-5-3-1;;;;;2*1-7(2,3,4,5)6;;/h5-10,13-14,16-19,23-25H,11-12,15,20-22H2,1-4H3;5-8,11-12,14-15,21-23H,9-10,13,16-20H2,1-4H3;2*1-4H,5H2;4*1H3;;;;/q2*+1;;;6*-1;2*+2. The van der Waals surface area contributed by atoms with Crippen molar-refractivity contribution in [2.24, 2.45) is 30.7 Å². The second-order valence-electron chi connectivity index (χ2n) is 25.0. The number of hydrogen-bond donors (Lipinski definition) is 0. The maximum atomic E-state index is 9.87. The Balaban J connectivity index is 0.00000134. The zero-order valence-electron chi connectivity index (χ0n) is 57.7. The quantitative estimate of drug-likeness (QED) is 0.0248. The molecule has 2 atom stereocenters. The molecule has 0 saturated heterocycles. The minimum atomic E-state index is -10.7. The van der Waals surface area contributed by atoms with Gasteiger partial charge in [-0.05, 0) is 118 Å². The number of para-hydroxylation sites is 4. The molecule has 2 unspecified atom stereocenters. The minimum absolute atomic E-state index is 0. The van der Waals surface area contributed by atoms with Crippen LogP contribution in [0.1, 0.15) is 136 Å². The molecule has 1 aromatic heterocycles. The second kappa shape index (κ2) is 36.7. The number of oxazole rings is 1. The Morgan fingerprint density at radius 1 is 0.521 bits per heavy atom. The average molecular weight is 1480 g/mol. The molecule has 4 heterocycles. The van der Waals surface area contributed by atoms with Crippen molar-refractivity contribution >= 4 is 50.1 Å². The topological polar surface area (TPSA) is 35.7 Å². The maximum Gasteiger partial charge on any atom is 2.00 e. The van der Waals surface area contributed by atoms with Gasteiger partial charge in [0.2, 0.25) is 5.58 Å². The van der Waals surface area contributed by atoms with Crippen LogP contribution < -0.4 is 14.4 Å². The van der Waals surface area contributed by atoms with Gasteiger partial charge in [-0.3, -0.25) is 0 Å². The van der Waals surface area contributed by atoms with Crippen molar-refractivity contribution < 1.29 is 103 Å². The monoisotopic (exact) mass is 1480 g/mol. The van der Waals surface area contributed by atoms with Crippen molar-refractivity contribution in [3.8, 4) is 0 Å². The van der Waals surface area contributed by atoms with Crippen molar-refractivity contribution in [3.05, 3.63) is 234 Å². The van der Waals surface area contributed by atoms with E-state index in [1.54, 1.807) is 0 Å². The maximum absolute atomic E-state index is 10.7. The van der Waals surface area contributed by atoms with Crippen LogP contribution in [0.3, 0.4) is 0 Å². The molecule has 0 saturated carbocycles. The number of hydrogen-bond acceptors (Lipinski definition) is 4. The summed E-state index contributed by atoms with van der Waals surface area (Å²) in [6.07, 6.45) is 53.8. The minimum Gasteiger partial charge on any atom is -0.358 e. The summed E-state index contributed by atoms with van der Waals surface area (Å²) in [5.74, 6) is 4.53. The van der Waals surface area contributed by atoms with Crippen LogP contribution in [0.25, 0.3) is 17.2 Å². The van der Waals surface area contributed by atoms with E-state index in [-0.39, 0.29) is 74.7 Å². The van der Waals surface area contributed by atoms with Crippen molar-refractivity contribution in [3.63, 3.8) is 0 Å². The molecule has 0 amide bonds. The molecule has 0 radical (unpaired) electrons. The van der Waals surface area contributed by atoms with Crippen molar-refractivity contribution in [1.29, 1.82) is 0 Å². The summed E-state index contributed by atoms with van der Waals surface area (Å²) in [7, 11) is -17.1. The molecule has 7 aliphatic rings. The third-order valence-electron chi connectivity index (χ3n) is 16.4. The van der Waals surface area contributed by atoms with E-state index in [9.17, 15) is 50.4 Å². The molecule has 0 spiro atoms. The van der Waals surface area contributed by atoms with Gasteiger partial charge in [0.05, 0.1) is 12.2 Å². The number of anilines is 2. The first-order valence-corrected chi connectivity index (χ1v) is 35.1. The molecule has 3 aliphatic heterocycles. The summed E-state index contributed by atoms with van der Waals surface area (Å²) in [5.41, 5.74) is 10.5. The van der Waals surface area contributed by atoms with Crippen molar-refractivity contribution in [2.75, 3.05) is 43.1 Å². The second-order valence-corrected chi connectivity index (χ2v) is 28.8. The number of rotatable bonds is 18. The van der Waals surface area contributed by atoms with Gasteiger partial charge >= 0.3 is 112 Å². The van der Waals surface area contributed by atoms with Gasteiger partial charge in [0.15, 0.2) is 13.2 Å². The molecule has 540 valence electrons. The number of halogens is 12. The molecule has 11 rings (SSSR count). The number of unbranched alkanes of at least 4 members (excludes halogenated alkanes) is 2. The van der Waals surface area contributed by atoms with Gasteiger partial charge < -0.3 is 48.7 Å². The Hall–Kier alpha value is -5.34. The number of benzene rings is 3. The number of allylic oxidation sites excluding steroid dienone is 18. The van der Waals surface area contributed by atoms with Crippen LogP contribution in [-0.2, 0) is 56.8 Å². The van der Waals surface area contributed by atoms with Crippen molar-refractivity contribution in [2.45, 2.75) is 129 Å². The Labute approximate surface area is 587 Å². The van der Waals surface area contributed by atoms with E-state index >= 15 is 0 Å². The van der Waals surface area contributed by atoms with E-state index in [0.717, 1.165) is 74.8 Å². The average Bonchev–Trinajstić information content (AvgIpc) is 1.60. The molecule has 22 heteroatoms. The predicted molar refractivity (Wildman–Crippen MR) is 376 cm³/mol. The number of aromatic nitrogens is 1. The third kappa shape index (κ3) is 31.2. The van der Waals surface area contributed by atoms with Crippen LogP contribution in [0.5, 0.6) is 0 Å². The van der Waals surface area contributed by atoms with Gasteiger partial charge in [0, 0.05) is 52.8 Å². The molecule has 4 aromatic rings. The van der Waals surface area contributed by atoms with Gasteiger partial charge in [-0.15, -0.1) is 0 Å². The number of fused-ring (bicyclic) bond motifs is 3. The van der Waals surface area contributed by atoms with E-state index in [0.29, 0.717) is 23.7 Å². The van der Waals surface area contributed by atoms with Gasteiger partial charge in [-0.2, -0.15) is 9.14 Å². The van der Waals surface area contributed by atoms with Crippen molar-refractivity contribution in [1.82, 2.24) is 0 Å². The van der Waals surface area contributed by atoms with Crippen LogP contribution in [0, 0.1) is 53.4 Å². The molecule has 96 heavy (non-hydrogen) atoms. The summed E-state index contributed by atoms with van der Waals surface area (Å²) in [5, 5.41) is 0. The van der Waals surface area contributed by atoms with E-state index in [1.807, 2.05) is 6.07 Å². The fourth-order valence-corrected chi connectivity index (χ4v) is 11.7. The fraction of sp³-hybridized carbons (Fsp3) is 0.405. The van der Waals surface area contributed by atoms with Crippen LogP contribution in [-0.4, -0.2) is 43.8 Å². The van der Waals surface area contributed by atoms with Gasteiger partial charge in [0.1, 0.15) is 14.1 Å². The summed E-state index contributed by atoms with van der Waals surface area (Å²) in [6.45, 7) is 18.0. The first-order valence-electron chi connectivity index (χ1n) is 31.1. The summed E-state index contributed by atoms with van der Waals surface area (Å²) in [6, 6.07) is 26.4. The molecule has 3 aromatic carbocycles. The van der Waals surface area contributed by atoms with Gasteiger partial charge in [0.25, 0.3) is 5.52 Å². The Morgan fingerprint density at radius 2 is 0.885 bits per heavy atom. The zero-order valence-corrected chi connectivity index (χ0v) is 61.7. The van der Waals surface area contributed by atoms with E-state index in [2.05, 4.69) is 251 Å². The summed E-state index contributed by atoms with van der Waals surface area (Å²) >= 11 is 0. The first-order chi connectivity index (χ1) is 41.9. The number of aryl methyl sites for hydroxylation is 1. The smallest absolute Gasteiger partial charge is 0.358 e. The van der Waals surface area contributed by atoms with E-state index < -0.39 is 15.6 Å². The largest absolute Gasteiger partial charge is 2.00 e. The third-order valence-corrected chi connectivity index (χ3v) is 16.4.